The molecule has 9 nitrogen and oxygen atoms in total. The number of amides is 1. The van der Waals surface area contributed by atoms with Gasteiger partial charge in [-0.15, -0.1) is 24.0 Å². The Bertz CT molecular complexity index is 881. The van der Waals surface area contributed by atoms with E-state index in [1.807, 2.05) is 51.2 Å². The van der Waals surface area contributed by atoms with E-state index in [4.69, 9.17) is 0 Å². The number of rotatable bonds is 10. The van der Waals surface area contributed by atoms with Gasteiger partial charge in [0.15, 0.2) is 5.96 Å². The zero-order valence-corrected chi connectivity index (χ0v) is 21.9. The summed E-state index contributed by atoms with van der Waals surface area (Å²) in [6.45, 7) is 6.47. The predicted molar refractivity (Wildman–Crippen MR) is 138 cm³/mol. The van der Waals surface area contributed by atoms with Crippen LogP contribution in [0.2, 0.25) is 0 Å². The van der Waals surface area contributed by atoms with E-state index in [0.29, 0.717) is 31.2 Å². The molecule has 0 bridgehead atoms. The standard InChI is InChI=1S/C22H35N7O2.HI/c1-6-23-21(26-16-22(2,31)19-14-27-29(5)15-19)25-13-17-8-7-9-18(12-17)20(30)24-10-11-28(3)4;/h7-9,12,14-15,31H,6,10-11,13,16H2,1-5H3,(H,24,30)(H2,23,25,26);1H. The lowest BCUT2D eigenvalue weighted by Gasteiger charge is -2.23. The summed E-state index contributed by atoms with van der Waals surface area (Å²) in [6, 6.07) is 7.45. The molecule has 0 fully saturated rings. The molecule has 0 spiro atoms. The van der Waals surface area contributed by atoms with E-state index < -0.39 is 5.60 Å². The first-order chi connectivity index (χ1) is 14.7. The number of benzene rings is 1. The van der Waals surface area contributed by atoms with Gasteiger partial charge in [-0.3, -0.25) is 9.48 Å². The Hall–Kier alpha value is -2.18. The Morgan fingerprint density at radius 1 is 1.28 bits per heavy atom. The summed E-state index contributed by atoms with van der Waals surface area (Å²) in [7, 11) is 5.75. The molecule has 0 saturated heterocycles. The Kier molecular flexibility index (Phi) is 11.7. The van der Waals surface area contributed by atoms with Crippen LogP contribution in [0.4, 0.5) is 0 Å². The molecule has 2 rings (SSSR count). The summed E-state index contributed by atoms with van der Waals surface area (Å²) in [5, 5.41) is 24.2. The van der Waals surface area contributed by atoms with Crippen molar-refractivity contribution in [3.8, 4) is 0 Å². The summed E-state index contributed by atoms with van der Waals surface area (Å²) in [5.41, 5.74) is 1.18. The number of nitrogens with zero attached hydrogens (tertiary/aromatic N) is 4. The van der Waals surface area contributed by atoms with Gasteiger partial charge in [0.25, 0.3) is 5.91 Å². The van der Waals surface area contributed by atoms with E-state index in [-0.39, 0.29) is 36.4 Å². The van der Waals surface area contributed by atoms with Crippen molar-refractivity contribution in [1.82, 2.24) is 30.6 Å². The van der Waals surface area contributed by atoms with Crippen LogP contribution in [0.3, 0.4) is 0 Å². The van der Waals surface area contributed by atoms with E-state index in [1.165, 1.54) is 0 Å². The third-order valence-electron chi connectivity index (χ3n) is 4.72. The van der Waals surface area contributed by atoms with Crippen LogP contribution in [0.1, 0.15) is 35.3 Å². The molecule has 0 aliphatic carbocycles. The lowest BCUT2D eigenvalue weighted by atomic mass is 10.00. The van der Waals surface area contributed by atoms with Gasteiger partial charge in [-0.1, -0.05) is 12.1 Å². The highest BCUT2D eigenvalue weighted by molar-refractivity contribution is 14.0. The number of likely N-dealkylation sites (N-methyl/N-ethyl adjacent to an activating group) is 1. The molecular weight excluding hydrogens is 521 g/mol. The maximum atomic E-state index is 12.3. The summed E-state index contributed by atoms with van der Waals surface area (Å²) in [5.74, 6) is 0.498. The Morgan fingerprint density at radius 3 is 2.66 bits per heavy atom. The molecule has 4 N–H and O–H groups in total. The van der Waals surface area contributed by atoms with Crippen molar-refractivity contribution in [2.24, 2.45) is 12.0 Å². The van der Waals surface area contributed by atoms with E-state index >= 15 is 0 Å². The quantitative estimate of drug-likeness (QED) is 0.199. The van der Waals surface area contributed by atoms with Crippen molar-refractivity contribution < 1.29 is 9.90 Å². The number of hydrogen-bond acceptors (Lipinski definition) is 5. The zero-order chi connectivity index (χ0) is 22.9. The Labute approximate surface area is 207 Å². The molecule has 1 aromatic heterocycles. The number of halogens is 1. The van der Waals surface area contributed by atoms with Gasteiger partial charge in [0.2, 0.25) is 0 Å². The van der Waals surface area contributed by atoms with Crippen molar-refractivity contribution in [1.29, 1.82) is 0 Å². The molecule has 178 valence electrons. The maximum absolute atomic E-state index is 12.3. The summed E-state index contributed by atoms with van der Waals surface area (Å²) in [6.07, 6.45) is 3.45. The molecule has 0 saturated carbocycles. The molecule has 1 unspecified atom stereocenters. The Morgan fingerprint density at radius 2 is 2.03 bits per heavy atom. The van der Waals surface area contributed by atoms with Gasteiger partial charge in [0, 0.05) is 44.0 Å². The minimum atomic E-state index is -1.09. The highest BCUT2D eigenvalue weighted by Crippen LogP contribution is 2.18. The Balaban J connectivity index is 0.00000512. The zero-order valence-electron chi connectivity index (χ0n) is 19.6. The number of nitrogens with one attached hydrogen (secondary N) is 3. The first kappa shape index (κ1) is 27.9. The monoisotopic (exact) mass is 557 g/mol. The van der Waals surface area contributed by atoms with Crippen molar-refractivity contribution in [2.75, 3.05) is 40.3 Å². The smallest absolute Gasteiger partial charge is 0.251 e. The van der Waals surface area contributed by atoms with Gasteiger partial charge in [0.05, 0.1) is 19.3 Å². The van der Waals surface area contributed by atoms with E-state index in [0.717, 1.165) is 17.7 Å². The second kappa shape index (κ2) is 13.4. The van der Waals surface area contributed by atoms with Crippen LogP contribution in [-0.2, 0) is 19.2 Å². The van der Waals surface area contributed by atoms with E-state index in [2.05, 4.69) is 26.0 Å². The van der Waals surface area contributed by atoms with Gasteiger partial charge in [-0.05, 0) is 45.6 Å². The molecule has 0 aliphatic rings. The topological polar surface area (TPSA) is 107 Å². The number of aryl methyl sites for hydroxylation is 1. The second-order valence-electron chi connectivity index (χ2n) is 7.98. The average Bonchev–Trinajstić information content (AvgIpc) is 3.17. The third-order valence-corrected chi connectivity index (χ3v) is 4.72. The van der Waals surface area contributed by atoms with Crippen LogP contribution in [0, 0.1) is 0 Å². The van der Waals surface area contributed by atoms with E-state index in [9.17, 15) is 9.90 Å². The fourth-order valence-electron chi connectivity index (χ4n) is 2.88. The first-order valence-corrected chi connectivity index (χ1v) is 10.5. The van der Waals surface area contributed by atoms with Crippen LogP contribution in [-0.4, -0.2) is 71.9 Å². The van der Waals surface area contributed by atoms with Crippen LogP contribution >= 0.6 is 24.0 Å². The third kappa shape index (κ3) is 9.13. The molecule has 10 heteroatoms. The summed E-state index contributed by atoms with van der Waals surface area (Å²) >= 11 is 0. The highest BCUT2D eigenvalue weighted by atomic mass is 127. The maximum Gasteiger partial charge on any atom is 0.251 e. The normalized spacial score (nSPS) is 13.3. The van der Waals surface area contributed by atoms with Gasteiger partial charge in [-0.25, -0.2) is 4.99 Å². The molecule has 2 aromatic rings. The van der Waals surface area contributed by atoms with Crippen molar-refractivity contribution in [3.63, 3.8) is 0 Å². The fraction of sp³-hybridized carbons (Fsp3) is 0.500. The SMILES string of the molecule is CCNC(=NCc1cccc(C(=O)NCCN(C)C)c1)NCC(C)(O)c1cnn(C)c1.I. The highest BCUT2D eigenvalue weighted by Gasteiger charge is 2.25. The summed E-state index contributed by atoms with van der Waals surface area (Å²) in [4.78, 5) is 19.0. The lowest BCUT2D eigenvalue weighted by molar-refractivity contribution is 0.0616. The van der Waals surface area contributed by atoms with Crippen LogP contribution in [0.5, 0.6) is 0 Å². The molecule has 1 aromatic carbocycles. The van der Waals surface area contributed by atoms with Crippen molar-refractivity contribution >= 4 is 35.8 Å². The number of carbonyl (C=O) groups excluding carboxylic acids is 1. The predicted octanol–water partition coefficient (Wildman–Crippen LogP) is 1.29. The molecule has 1 atom stereocenters. The summed E-state index contributed by atoms with van der Waals surface area (Å²) < 4.78 is 1.66. The molecule has 32 heavy (non-hydrogen) atoms. The second-order valence-corrected chi connectivity index (χ2v) is 7.98. The molecule has 0 radical (unpaired) electrons. The number of carbonyl (C=O) groups is 1. The fourth-order valence-corrected chi connectivity index (χ4v) is 2.88. The molecule has 0 aliphatic heterocycles. The molecule has 1 heterocycles. The van der Waals surface area contributed by atoms with Crippen molar-refractivity contribution in [3.05, 3.63) is 53.3 Å². The largest absolute Gasteiger partial charge is 0.383 e. The van der Waals surface area contributed by atoms with Crippen LogP contribution in [0.15, 0.2) is 41.7 Å². The van der Waals surface area contributed by atoms with Gasteiger partial charge in [0.1, 0.15) is 5.60 Å². The van der Waals surface area contributed by atoms with Gasteiger partial charge < -0.3 is 26.0 Å². The number of aromatic nitrogens is 2. The lowest BCUT2D eigenvalue weighted by Crippen LogP contribution is -2.44. The van der Waals surface area contributed by atoms with Gasteiger partial charge >= 0.3 is 0 Å². The number of guanidine groups is 1. The van der Waals surface area contributed by atoms with Crippen LogP contribution in [0.25, 0.3) is 0 Å². The number of aliphatic hydroxyl groups is 1. The minimum absolute atomic E-state index is 0. The number of aliphatic imine (C=N–C) groups is 1. The van der Waals surface area contributed by atoms with Gasteiger partial charge in [-0.2, -0.15) is 5.10 Å². The minimum Gasteiger partial charge on any atom is -0.383 e. The average molecular weight is 557 g/mol. The van der Waals surface area contributed by atoms with E-state index in [1.54, 1.807) is 30.1 Å². The molecule has 1 amide bonds. The van der Waals surface area contributed by atoms with Crippen LogP contribution < -0.4 is 16.0 Å². The number of hydrogen-bond donors (Lipinski definition) is 4. The van der Waals surface area contributed by atoms with Crippen molar-refractivity contribution in [2.45, 2.75) is 26.0 Å². The molecular formula is C22H36IN7O2. The first-order valence-electron chi connectivity index (χ1n) is 10.5.